The van der Waals surface area contributed by atoms with Gasteiger partial charge in [-0.05, 0) is 0 Å². The number of ether oxygens (including phenoxy) is 1. The van der Waals surface area contributed by atoms with Gasteiger partial charge >= 0.3 is 0 Å². The molecule has 0 atom stereocenters. The molecule has 1 nitrogen and oxygen atoms in total. The van der Waals surface area contributed by atoms with Crippen LogP contribution in [0.5, 0.6) is 0 Å². The molecule has 0 aromatic carbocycles. The van der Waals surface area contributed by atoms with E-state index in [2.05, 4.69) is 24.3 Å². The van der Waals surface area contributed by atoms with Gasteiger partial charge in [0.25, 0.3) is 0 Å². The van der Waals surface area contributed by atoms with Crippen LogP contribution in [0.3, 0.4) is 0 Å². The first kappa shape index (κ1) is 3.44. The van der Waals surface area contributed by atoms with Crippen LogP contribution in [0.25, 0.3) is 0 Å². The first-order valence-electron chi connectivity index (χ1n) is 2.47. The molecule has 0 N–H and O–H groups in total. The van der Waals surface area contributed by atoms with Crippen LogP contribution in [-0.4, -0.2) is 12.2 Å². The van der Waals surface area contributed by atoms with Crippen molar-refractivity contribution in [2.45, 2.75) is 12.2 Å². The fourth-order valence-corrected chi connectivity index (χ4v) is 0.929. The van der Waals surface area contributed by atoms with Gasteiger partial charge in [-0.15, -0.1) is 0 Å². The van der Waals surface area contributed by atoms with Crippen molar-refractivity contribution in [3.05, 3.63) is 24.3 Å². The van der Waals surface area contributed by atoms with Crippen LogP contribution >= 0.6 is 0 Å². The summed E-state index contributed by atoms with van der Waals surface area (Å²) in [6.45, 7) is 0. The monoisotopic (exact) mass is 94.0 g/mol. The largest absolute Gasteiger partial charge is 0.359 e. The van der Waals surface area contributed by atoms with Crippen LogP contribution in [-0.2, 0) is 4.74 Å². The summed E-state index contributed by atoms with van der Waals surface area (Å²) in [6.07, 6.45) is 8.92. The van der Waals surface area contributed by atoms with Crippen LogP contribution in [0, 0.1) is 0 Å². The van der Waals surface area contributed by atoms with Gasteiger partial charge in [-0.1, -0.05) is 24.3 Å². The maximum Gasteiger partial charge on any atom is 0.0952 e. The highest BCUT2D eigenvalue weighted by Gasteiger charge is 2.19. The molecule has 36 valence electrons. The lowest BCUT2D eigenvalue weighted by atomic mass is 10.2. The highest BCUT2D eigenvalue weighted by molar-refractivity contribution is 5.22. The highest BCUT2D eigenvalue weighted by atomic mass is 16.5. The minimum atomic E-state index is 0.310. The average molecular weight is 94.1 g/mol. The first-order chi connectivity index (χ1) is 3.45. The molecule has 0 saturated carbocycles. The maximum atomic E-state index is 5.25. The average Bonchev–Trinajstić information content (AvgIpc) is 2.22. The second kappa shape index (κ2) is 0.984. The van der Waals surface area contributed by atoms with E-state index in [0.717, 1.165) is 0 Å². The molecule has 0 spiro atoms. The molecule has 0 radical (unpaired) electrons. The van der Waals surface area contributed by atoms with Crippen molar-refractivity contribution >= 4 is 0 Å². The smallest absolute Gasteiger partial charge is 0.0952 e. The van der Waals surface area contributed by atoms with Crippen LogP contribution in [0.2, 0.25) is 0 Å². The second-order valence-corrected chi connectivity index (χ2v) is 1.84. The molecule has 0 aliphatic carbocycles. The molecule has 1 heteroatoms. The van der Waals surface area contributed by atoms with E-state index >= 15 is 0 Å². The Morgan fingerprint density at radius 2 is 1.29 bits per heavy atom. The van der Waals surface area contributed by atoms with Crippen LogP contribution in [0.15, 0.2) is 24.3 Å². The van der Waals surface area contributed by atoms with Crippen molar-refractivity contribution in [3.63, 3.8) is 0 Å². The third-order valence-corrected chi connectivity index (χ3v) is 1.30. The summed E-state index contributed by atoms with van der Waals surface area (Å²) >= 11 is 0. The van der Waals surface area contributed by atoms with Gasteiger partial charge in [-0.3, -0.25) is 0 Å². The molecule has 0 fully saturated rings. The van der Waals surface area contributed by atoms with E-state index in [4.69, 9.17) is 4.74 Å². The zero-order valence-electron chi connectivity index (χ0n) is 3.87. The van der Waals surface area contributed by atoms with Crippen molar-refractivity contribution in [3.8, 4) is 0 Å². The normalized spacial score (nSPS) is 43.4. The van der Waals surface area contributed by atoms with Crippen LogP contribution < -0.4 is 0 Å². The molecule has 2 bridgehead atoms. The predicted molar refractivity (Wildman–Crippen MR) is 26.9 cm³/mol. The third kappa shape index (κ3) is 0.356. The Bertz CT molecular complexity index is 107. The second-order valence-electron chi connectivity index (χ2n) is 1.84. The SMILES string of the molecule is C1=CC2C=CC1O2. The van der Waals surface area contributed by atoms with Gasteiger partial charge in [0, 0.05) is 0 Å². The molecule has 2 aliphatic rings. The van der Waals surface area contributed by atoms with Gasteiger partial charge < -0.3 is 4.74 Å². The van der Waals surface area contributed by atoms with Crippen molar-refractivity contribution in [2.24, 2.45) is 0 Å². The van der Waals surface area contributed by atoms with Crippen molar-refractivity contribution < 1.29 is 4.74 Å². The summed E-state index contributed by atoms with van der Waals surface area (Å²) in [7, 11) is 0. The molecular formula is C6H6O. The number of fused-ring (bicyclic) bond motifs is 2. The van der Waals surface area contributed by atoms with E-state index in [1.165, 1.54) is 0 Å². The molecule has 2 heterocycles. The molecule has 0 aromatic heterocycles. The zero-order chi connectivity index (χ0) is 4.69. The van der Waals surface area contributed by atoms with Gasteiger partial charge in [0.05, 0.1) is 12.2 Å². The lowest BCUT2D eigenvalue weighted by molar-refractivity contribution is 0.136. The minimum Gasteiger partial charge on any atom is -0.359 e. The fraction of sp³-hybridized carbons (Fsp3) is 0.333. The van der Waals surface area contributed by atoms with E-state index in [1.54, 1.807) is 0 Å². The van der Waals surface area contributed by atoms with Crippen LogP contribution in [0.1, 0.15) is 0 Å². The van der Waals surface area contributed by atoms with Gasteiger partial charge in [0.2, 0.25) is 0 Å². The molecule has 0 saturated heterocycles. The highest BCUT2D eigenvalue weighted by Crippen LogP contribution is 2.19. The lowest BCUT2D eigenvalue weighted by Gasteiger charge is -1.94. The Labute approximate surface area is 42.3 Å². The first-order valence-corrected chi connectivity index (χ1v) is 2.47. The zero-order valence-corrected chi connectivity index (χ0v) is 3.87. The molecule has 0 aromatic rings. The predicted octanol–water partition coefficient (Wildman–Crippen LogP) is 0.880. The summed E-state index contributed by atoms with van der Waals surface area (Å²) < 4.78 is 5.25. The van der Waals surface area contributed by atoms with Gasteiger partial charge in [0.15, 0.2) is 0 Å². The van der Waals surface area contributed by atoms with Crippen molar-refractivity contribution in [2.75, 3.05) is 0 Å². The topological polar surface area (TPSA) is 9.23 Å². The quantitative estimate of drug-likeness (QED) is 0.405. The standard InChI is InChI=1S/C6H6O/c1-2-6-4-3-5(1)7-6/h1-6H. The third-order valence-electron chi connectivity index (χ3n) is 1.30. The van der Waals surface area contributed by atoms with Gasteiger partial charge in [-0.2, -0.15) is 0 Å². The Morgan fingerprint density at radius 3 is 1.43 bits per heavy atom. The molecule has 2 rings (SSSR count). The molecule has 0 amide bonds. The summed E-state index contributed by atoms with van der Waals surface area (Å²) in [6, 6.07) is 0. The molecule has 0 unspecified atom stereocenters. The summed E-state index contributed by atoms with van der Waals surface area (Å²) in [5, 5.41) is 0. The summed E-state index contributed by atoms with van der Waals surface area (Å²) in [4.78, 5) is 0. The van der Waals surface area contributed by atoms with E-state index in [9.17, 15) is 0 Å². The number of hydrogen-bond acceptors (Lipinski definition) is 1. The lowest BCUT2D eigenvalue weighted by Crippen LogP contribution is -1.97. The Balaban J connectivity index is 2.38. The van der Waals surface area contributed by atoms with E-state index in [-0.39, 0.29) is 0 Å². The summed E-state index contributed by atoms with van der Waals surface area (Å²) in [5.41, 5.74) is 0. The van der Waals surface area contributed by atoms with E-state index in [1.807, 2.05) is 0 Å². The van der Waals surface area contributed by atoms with Crippen LogP contribution in [0.4, 0.5) is 0 Å². The maximum absolute atomic E-state index is 5.25. The van der Waals surface area contributed by atoms with E-state index < -0.39 is 0 Å². The van der Waals surface area contributed by atoms with Crippen molar-refractivity contribution in [1.82, 2.24) is 0 Å². The minimum absolute atomic E-state index is 0.310. The van der Waals surface area contributed by atoms with Crippen molar-refractivity contribution in [1.29, 1.82) is 0 Å². The van der Waals surface area contributed by atoms with Gasteiger partial charge in [0.1, 0.15) is 0 Å². The Kier molecular flexibility index (Phi) is 0.484. The molecule has 2 aliphatic heterocycles. The summed E-state index contributed by atoms with van der Waals surface area (Å²) in [5.74, 6) is 0. The molecular weight excluding hydrogens is 88.1 g/mol. The Morgan fingerprint density at radius 1 is 0.857 bits per heavy atom. The number of rotatable bonds is 0. The number of hydrogen-bond donors (Lipinski definition) is 0. The van der Waals surface area contributed by atoms with Gasteiger partial charge in [-0.25, -0.2) is 0 Å². The fourth-order valence-electron chi connectivity index (χ4n) is 0.929. The molecule has 7 heavy (non-hydrogen) atoms. The Hall–Kier alpha value is -0.560. The van der Waals surface area contributed by atoms with E-state index in [0.29, 0.717) is 12.2 Å².